The molecule has 1 aromatic heterocycles. The van der Waals surface area contributed by atoms with E-state index < -0.39 is 10.0 Å². The lowest BCUT2D eigenvalue weighted by molar-refractivity contribution is 0.571. The fourth-order valence-electron chi connectivity index (χ4n) is 2.45. The smallest absolute Gasteiger partial charge is 0.283 e. The van der Waals surface area contributed by atoms with E-state index in [0.717, 1.165) is 5.56 Å². The van der Waals surface area contributed by atoms with E-state index >= 15 is 0 Å². The monoisotopic (exact) mass is 292 g/mol. The largest absolute Gasteiger partial charge is 0.339 e. The van der Waals surface area contributed by atoms with Crippen LogP contribution in [-0.2, 0) is 17.1 Å². The molecule has 7 heteroatoms. The highest BCUT2D eigenvalue weighted by Crippen LogP contribution is 2.35. The van der Waals surface area contributed by atoms with Gasteiger partial charge < -0.3 is 10.3 Å². The second-order valence-corrected chi connectivity index (χ2v) is 6.72. The minimum Gasteiger partial charge on any atom is -0.339 e. The van der Waals surface area contributed by atoms with Gasteiger partial charge in [-0.05, 0) is 18.1 Å². The van der Waals surface area contributed by atoms with Gasteiger partial charge in [-0.1, -0.05) is 18.2 Å². The molecule has 0 fully saturated rings. The van der Waals surface area contributed by atoms with Crippen LogP contribution in [0.2, 0.25) is 0 Å². The van der Waals surface area contributed by atoms with Crippen LogP contribution < -0.4 is 10.0 Å². The average Bonchev–Trinajstić information content (AvgIpc) is 2.87. The highest BCUT2D eigenvalue weighted by molar-refractivity contribution is 7.92. The van der Waals surface area contributed by atoms with Crippen molar-refractivity contribution < 1.29 is 8.42 Å². The van der Waals surface area contributed by atoms with Crippen LogP contribution >= 0.6 is 0 Å². The predicted molar refractivity (Wildman–Crippen MR) is 75.7 cm³/mol. The number of hydrogen-bond donors (Lipinski definition) is 1. The van der Waals surface area contributed by atoms with Crippen molar-refractivity contribution in [2.75, 3.05) is 10.8 Å². The van der Waals surface area contributed by atoms with E-state index in [0.29, 0.717) is 18.7 Å². The van der Waals surface area contributed by atoms with Crippen LogP contribution in [0.5, 0.6) is 0 Å². The fourth-order valence-corrected chi connectivity index (χ4v) is 3.92. The Balaban J connectivity index is 2.10. The molecule has 0 saturated heterocycles. The molecule has 2 aromatic rings. The zero-order chi connectivity index (χ0) is 14.3. The zero-order valence-corrected chi connectivity index (χ0v) is 11.9. The molecule has 0 amide bonds. The quantitative estimate of drug-likeness (QED) is 0.896. The zero-order valence-electron chi connectivity index (χ0n) is 11.1. The lowest BCUT2D eigenvalue weighted by Crippen LogP contribution is -2.38. The molecule has 20 heavy (non-hydrogen) atoms. The van der Waals surface area contributed by atoms with E-state index in [1.807, 2.05) is 18.2 Å². The Bertz CT molecular complexity index is 738. The molecule has 3 rings (SSSR count). The van der Waals surface area contributed by atoms with Crippen LogP contribution in [0.25, 0.3) is 0 Å². The summed E-state index contributed by atoms with van der Waals surface area (Å²) in [5.74, 6) is 0. The molecule has 0 bridgehead atoms. The molecule has 0 spiro atoms. The third-order valence-corrected chi connectivity index (χ3v) is 5.18. The summed E-state index contributed by atoms with van der Waals surface area (Å²) in [6.07, 6.45) is 3.59. The Kier molecular flexibility index (Phi) is 3.02. The Hall–Kier alpha value is -1.86. The number of aryl methyl sites for hydroxylation is 1. The molecule has 1 aromatic carbocycles. The summed E-state index contributed by atoms with van der Waals surface area (Å²) in [5, 5.41) is 0.0604. The summed E-state index contributed by atoms with van der Waals surface area (Å²) in [4.78, 5) is 3.96. The predicted octanol–water partition coefficient (Wildman–Crippen LogP) is 1.02. The SMILES string of the molecule is Cn1cnc(S(=O)(=O)N2CCC(N)c3ccccc32)c1. The molecule has 6 nitrogen and oxygen atoms in total. The van der Waals surface area contributed by atoms with Crippen LogP contribution in [-0.4, -0.2) is 24.5 Å². The van der Waals surface area contributed by atoms with Crippen LogP contribution in [0, 0.1) is 0 Å². The van der Waals surface area contributed by atoms with E-state index in [1.165, 1.54) is 16.8 Å². The van der Waals surface area contributed by atoms with Crippen molar-refractivity contribution >= 4 is 15.7 Å². The second-order valence-electron chi connectivity index (χ2n) is 4.91. The third-order valence-electron chi connectivity index (χ3n) is 3.48. The molecule has 0 saturated carbocycles. The number of anilines is 1. The summed E-state index contributed by atoms with van der Waals surface area (Å²) >= 11 is 0. The summed E-state index contributed by atoms with van der Waals surface area (Å²) < 4.78 is 28.4. The molecule has 1 aliphatic rings. The molecule has 1 atom stereocenters. The van der Waals surface area contributed by atoms with Gasteiger partial charge in [-0.2, -0.15) is 8.42 Å². The number of imidazole rings is 1. The maximum Gasteiger partial charge on any atom is 0.283 e. The first-order chi connectivity index (χ1) is 9.50. The number of aromatic nitrogens is 2. The molecule has 2 heterocycles. The van der Waals surface area contributed by atoms with Crippen molar-refractivity contribution in [3.8, 4) is 0 Å². The lowest BCUT2D eigenvalue weighted by atomic mass is 9.99. The highest BCUT2D eigenvalue weighted by Gasteiger charge is 2.32. The first kappa shape index (κ1) is 13.1. The summed E-state index contributed by atoms with van der Waals surface area (Å²) in [7, 11) is -1.89. The second kappa shape index (κ2) is 4.60. The third kappa shape index (κ3) is 1.99. The van der Waals surface area contributed by atoms with Gasteiger partial charge in [0.25, 0.3) is 10.0 Å². The number of fused-ring (bicyclic) bond motifs is 1. The van der Waals surface area contributed by atoms with Crippen molar-refractivity contribution in [2.45, 2.75) is 17.5 Å². The number of nitrogens with two attached hydrogens (primary N) is 1. The number of nitrogens with zero attached hydrogens (tertiary/aromatic N) is 3. The van der Waals surface area contributed by atoms with Gasteiger partial charge in [0.05, 0.1) is 12.0 Å². The number of rotatable bonds is 2. The van der Waals surface area contributed by atoms with Gasteiger partial charge in [0.2, 0.25) is 0 Å². The number of benzene rings is 1. The van der Waals surface area contributed by atoms with E-state index in [9.17, 15) is 8.42 Å². The minimum atomic E-state index is -3.63. The molecule has 1 unspecified atom stereocenters. The molecule has 106 valence electrons. The first-order valence-corrected chi connectivity index (χ1v) is 7.79. The van der Waals surface area contributed by atoms with Crippen molar-refractivity contribution in [3.63, 3.8) is 0 Å². The van der Waals surface area contributed by atoms with Crippen molar-refractivity contribution in [1.29, 1.82) is 0 Å². The van der Waals surface area contributed by atoms with Gasteiger partial charge in [0.1, 0.15) is 0 Å². The summed E-state index contributed by atoms with van der Waals surface area (Å²) in [6, 6.07) is 7.23. The van der Waals surface area contributed by atoms with E-state index in [4.69, 9.17) is 5.73 Å². The number of sulfonamides is 1. The van der Waals surface area contributed by atoms with Crippen LogP contribution in [0.15, 0.2) is 41.8 Å². The van der Waals surface area contributed by atoms with Crippen molar-refractivity contribution in [2.24, 2.45) is 12.8 Å². The van der Waals surface area contributed by atoms with Gasteiger partial charge >= 0.3 is 0 Å². The Morgan fingerprint density at radius 2 is 2.10 bits per heavy atom. The Morgan fingerprint density at radius 1 is 1.35 bits per heavy atom. The maximum atomic E-state index is 12.7. The van der Waals surface area contributed by atoms with E-state index in [1.54, 1.807) is 17.7 Å². The minimum absolute atomic E-state index is 0.0604. The normalized spacial score (nSPS) is 18.9. The van der Waals surface area contributed by atoms with Gasteiger partial charge in [-0.3, -0.25) is 4.31 Å². The fraction of sp³-hybridized carbons (Fsp3) is 0.308. The molecular weight excluding hydrogens is 276 g/mol. The van der Waals surface area contributed by atoms with Gasteiger partial charge in [-0.25, -0.2) is 4.98 Å². The van der Waals surface area contributed by atoms with Gasteiger partial charge in [-0.15, -0.1) is 0 Å². The Morgan fingerprint density at radius 3 is 2.80 bits per heavy atom. The van der Waals surface area contributed by atoms with Crippen molar-refractivity contribution in [3.05, 3.63) is 42.4 Å². The molecular formula is C13H16N4O2S. The van der Waals surface area contributed by atoms with Gasteiger partial charge in [0, 0.05) is 25.8 Å². The number of hydrogen-bond acceptors (Lipinski definition) is 4. The molecule has 1 aliphatic heterocycles. The first-order valence-electron chi connectivity index (χ1n) is 6.35. The van der Waals surface area contributed by atoms with Crippen LogP contribution in [0.4, 0.5) is 5.69 Å². The molecule has 0 aliphatic carbocycles. The average molecular weight is 292 g/mol. The summed E-state index contributed by atoms with van der Waals surface area (Å²) in [6.45, 7) is 0.372. The Labute approximate surface area is 117 Å². The molecule has 2 N–H and O–H groups in total. The lowest BCUT2D eigenvalue weighted by Gasteiger charge is -2.32. The van der Waals surface area contributed by atoms with Crippen LogP contribution in [0.3, 0.4) is 0 Å². The van der Waals surface area contributed by atoms with E-state index in [2.05, 4.69) is 4.98 Å². The standard InChI is InChI=1S/C13H16N4O2S/c1-16-8-13(15-9-16)20(18,19)17-7-6-11(14)10-4-2-3-5-12(10)17/h2-5,8-9,11H,6-7,14H2,1H3. The topological polar surface area (TPSA) is 81.2 Å². The van der Waals surface area contributed by atoms with Crippen LogP contribution in [0.1, 0.15) is 18.0 Å². The van der Waals surface area contributed by atoms with Crippen molar-refractivity contribution in [1.82, 2.24) is 9.55 Å². The summed E-state index contributed by atoms with van der Waals surface area (Å²) in [5.41, 5.74) is 7.56. The van der Waals surface area contributed by atoms with Gasteiger partial charge in [0.15, 0.2) is 5.03 Å². The number of para-hydroxylation sites is 1. The van der Waals surface area contributed by atoms with E-state index in [-0.39, 0.29) is 11.1 Å². The molecule has 0 radical (unpaired) electrons. The maximum absolute atomic E-state index is 12.7. The highest BCUT2D eigenvalue weighted by atomic mass is 32.2.